The maximum atomic E-state index is 13.0. The summed E-state index contributed by atoms with van der Waals surface area (Å²) in [5.41, 5.74) is 2.11. The fraction of sp³-hybridized carbons (Fsp3) is 0.412. The molecule has 1 N–H and O–H groups in total. The summed E-state index contributed by atoms with van der Waals surface area (Å²) in [6, 6.07) is 6.77. The molecule has 1 fully saturated rings. The number of carbonyl (C=O) groups excluding carboxylic acids is 1. The highest BCUT2D eigenvalue weighted by Crippen LogP contribution is 2.28. The number of anilines is 1. The molecule has 1 aliphatic rings. The summed E-state index contributed by atoms with van der Waals surface area (Å²) in [6.45, 7) is 4.07. The minimum Gasteiger partial charge on any atom is -0.301 e. The van der Waals surface area contributed by atoms with E-state index in [0.29, 0.717) is 17.6 Å². The topological polar surface area (TPSA) is 45.2 Å². The second-order valence-corrected chi connectivity index (χ2v) is 6.80. The lowest BCUT2D eigenvalue weighted by Crippen LogP contribution is -2.38. The van der Waals surface area contributed by atoms with Gasteiger partial charge < -0.3 is 5.32 Å². The van der Waals surface area contributed by atoms with Gasteiger partial charge in [-0.05, 0) is 56.5 Å². The Morgan fingerprint density at radius 3 is 2.65 bits per heavy atom. The zero-order valence-corrected chi connectivity index (χ0v) is 13.9. The van der Waals surface area contributed by atoms with Crippen molar-refractivity contribution in [2.24, 2.45) is 0 Å². The van der Waals surface area contributed by atoms with E-state index >= 15 is 0 Å². The molecular weight excluding hydrogens is 313 g/mol. The Kier molecular flexibility index (Phi) is 5.03. The van der Waals surface area contributed by atoms with Gasteiger partial charge in [0.15, 0.2) is 5.13 Å². The first kappa shape index (κ1) is 16.1. The van der Waals surface area contributed by atoms with Crippen molar-refractivity contribution in [3.63, 3.8) is 0 Å². The van der Waals surface area contributed by atoms with Gasteiger partial charge >= 0.3 is 0 Å². The molecular formula is C17H20FN3OS. The van der Waals surface area contributed by atoms with Gasteiger partial charge in [0.2, 0.25) is 5.91 Å². The van der Waals surface area contributed by atoms with Gasteiger partial charge in [-0.15, -0.1) is 11.3 Å². The number of piperidine rings is 1. The molecule has 23 heavy (non-hydrogen) atoms. The summed E-state index contributed by atoms with van der Waals surface area (Å²) < 4.78 is 13.0. The second-order valence-electron chi connectivity index (χ2n) is 5.94. The lowest BCUT2D eigenvalue weighted by Gasteiger charge is -2.31. The number of thiazole rings is 1. The fourth-order valence-corrected chi connectivity index (χ4v) is 3.64. The van der Waals surface area contributed by atoms with E-state index in [1.807, 2.05) is 24.4 Å². The van der Waals surface area contributed by atoms with E-state index < -0.39 is 0 Å². The molecule has 2 aromatic rings. The molecule has 6 heteroatoms. The number of hydrogen-bond acceptors (Lipinski definition) is 4. The standard InChI is InChI=1S/C17H20FN3OS/c1-12-11-23-17(19-12)20-16(22)10-21-8-6-14(7-9-21)13-2-4-15(18)5-3-13/h2-5,11,14H,6-10H2,1H3,(H,19,20,22). The average molecular weight is 333 g/mol. The molecule has 0 saturated carbocycles. The first-order chi connectivity index (χ1) is 11.1. The minimum absolute atomic E-state index is 0.0143. The summed E-state index contributed by atoms with van der Waals surface area (Å²) in [5.74, 6) is 0.247. The number of aromatic nitrogens is 1. The zero-order chi connectivity index (χ0) is 16.2. The van der Waals surface area contributed by atoms with E-state index in [2.05, 4.69) is 15.2 Å². The van der Waals surface area contributed by atoms with Crippen LogP contribution in [0.2, 0.25) is 0 Å². The van der Waals surface area contributed by atoms with Crippen LogP contribution in [0, 0.1) is 12.7 Å². The van der Waals surface area contributed by atoms with Crippen molar-refractivity contribution in [1.82, 2.24) is 9.88 Å². The lowest BCUT2D eigenvalue weighted by atomic mass is 9.89. The van der Waals surface area contributed by atoms with Crippen LogP contribution in [0.25, 0.3) is 0 Å². The summed E-state index contributed by atoms with van der Waals surface area (Å²) in [4.78, 5) is 18.5. The Balaban J connectivity index is 1.47. The van der Waals surface area contributed by atoms with Crippen LogP contribution in [0.1, 0.15) is 30.0 Å². The number of hydrogen-bond donors (Lipinski definition) is 1. The SMILES string of the molecule is Cc1csc(NC(=O)CN2CCC(c3ccc(F)cc3)CC2)n1. The molecule has 0 bridgehead atoms. The third kappa shape index (κ3) is 4.36. The molecule has 1 aliphatic heterocycles. The Labute approximate surface area is 139 Å². The predicted molar refractivity (Wildman–Crippen MR) is 90.3 cm³/mol. The number of aryl methyl sites for hydroxylation is 1. The summed E-state index contributed by atoms with van der Waals surface area (Å²) in [7, 11) is 0. The summed E-state index contributed by atoms with van der Waals surface area (Å²) in [5, 5.41) is 5.43. The number of nitrogens with one attached hydrogen (secondary N) is 1. The largest absolute Gasteiger partial charge is 0.301 e. The third-order valence-corrected chi connectivity index (χ3v) is 5.04. The molecule has 0 atom stereocenters. The molecule has 0 radical (unpaired) electrons. The van der Waals surface area contributed by atoms with Crippen LogP contribution < -0.4 is 5.32 Å². The first-order valence-electron chi connectivity index (χ1n) is 7.80. The van der Waals surface area contributed by atoms with Crippen molar-refractivity contribution in [2.75, 3.05) is 25.0 Å². The molecule has 2 heterocycles. The monoisotopic (exact) mass is 333 g/mol. The number of nitrogens with zero attached hydrogens (tertiary/aromatic N) is 2. The van der Waals surface area contributed by atoms with Crippen LogP contribution in [-0.4, -0.2) is 35.4 Å². The van der Waals surface area contributed by atoms with Gasteiger partial charge in [-0.2, -0.15) is 0 Å². The quantitative estimate of drug-likeness (QED) is 0.932. The Bertz CT molecular complexity index is 663. The van der Waals surface area contributed by atoms with Crippen molar-refractivity contribution in [2.45, 2.75) is 25.7 Å². The van der Waals surface area contributed by atoms with E-state index in [-0.39, 0.29) is 11.7 Å². The van der Waals surface area contributed by atoms with Crippen LogP contribution in [0.3, 0.4) is 0 Å². The highest BCUT2D eigenvalue weighted by atomic mass is 32.1. The smallest absolute Gasteiger partial charge is 0.240 e. The lowest BCUT2D eigenvalue weighted by molar-refractivity contribution is -0.117. The molecule has 3 rings (SSSR count). The molecule has 0 spiro atoms. The maximum Gasteiger partial charge on any atom is 0.240 e. The normalized spacial score (nSPS) is 16.4. The number of benzene rings is 1. The van der Waals surface area contributed by atoms with Crippen LogP contribution in [-0.2, 0) is 4.79 Å². The molecule has 122 valence electrons. The number of carbonyl (C=O) groups is 1. The van der Waals surface area contributed by atoms with Crippen LogP contribution >= 0.6 is 11.3 Å². The Morgan fingerprint density at radius 2 is 2.04 bits per heavy atom. The second kappa shape index (κ2) is 7.19. The van der Waals surface area contributed by atoms with Crippen LogP contribution in [0.4, 0.5) is 9.52 Å². The Morgan fingerprint density at radius 1 is 1.35 bits per heavy atom. The molecule has 4 nitrogen and oxygen atoms in total. The van der Waals surface area contributed by atoms with Crippen molar-refractivity contribution in [1.29, 1.82) is 0 Å². The highest BCUT2D eigenvalue weighted by Gasteiger charge is 2.22. The van der Waals surface area contributed by atoms with Crippen molar-refractivity contribution >= 4 is 22.4 Å². The summed E-state index contributed by atoms with van der Waals surface area (Å²) in [6.07, 6.45) is 1.99. The summed E-state index contributed by atoms with van der Waals surface area (Å²) >= 11 is 1.45. The van der Waals surface area contributed by atoms with Crippen molar-refractivity contribution in [3.05, 3.63) is 46.7 Å². The molecule has 1 saturated heterocycles. The van der Waals surface area contributed by atoms with Crippen LogP contribution in [0.15, 0.2) is 29.6 Å². The number of likely N-dealkylation sites (tertiary alicyclic amines) is 1. The van der Waals surface area contributed by atoms with Gasteiger partial charge in [-0.3, -0.25) is 9.69 Å². The average Bonchev–Trinajstić information content (AvgIpc) is 2.94. The fourth-order valence-electron chi connectivity index (χ4n) is 2.93. The van der Waals surface area contributed by atoms with E-state index in [1.54, 1.807) is 0 Å². The van der Waals surface area contributed by atoms with E-state index in [9.17, 15) is 9.18 Å². The van der Waals surface area contributed by atoms with E-state index in [0.717, 1.165) is 31.6 Å². The van der Waals surface area contributed by atoms with Gasteiger partial charge in [-0.1, -0.05) is 12.1 Å². The van der Waals surface area contributed by atoms with Gasteiger partial charge in [0.25, 0.3) is 0 Å². The molecule has 0 aliphatic carbocycles. The van der Waals surface area contributed by atoms with Crippen molar-refractivity contribution in [3.8, 4) is 0 Å². The van der Waals surface area contributed by atoms with E-state index in [1.165, 1.54) is 29.0 Å². The highest BCUT2D eigenvalue weighted by molar-refractivity contribution is 7.13. The molecule has 1 amide bonds. The molecule has 1 aromatic heterocycles. The number of halogens is 1. The van der Waals surface area contributed by atoms with Crippen molar-refractivity contribution < 1.29 is 9.18 Å². The van der Waals surface area contributed by atoms with Gasteiger partial charge in [-0.25, -0.2) is 9.37 Å². The van der Waals surface area contributed by atoms with Gasteiger partial charge in [0, 0.05) is 5.38 Å². The first-order valence-corrected chi connectivity index (χ1v) is 8.68. The molecule has 1 aromatic carbocycles. The molecule has 0 unspecified atom stereocenters. The van der Waals surface area contributed by atoms with Gasteiger partial charge in [0.05, 0.1) is 12.2 Å². The number of amides is 1. The number of rotatable bonds is 4. The minimum atomic E-state index is -0.194. The van der Waals surface area contributed by atoms with Crippen LogP contribution in [0.5, 0.6) is 0 Å². The zero-order valence-electron chi connectivity index (χ0n) is 13.1. The third-order valence-electron chi connectivity index (χ3n) is 4.16. The van der Waals surface area contributed by atoms with Gasteiger partial charge in [0.1, 0.15) is 5.82 Å². The predicted octanol–water partition coefficient (Wildman–Crippen LogP) is 3.41. The maximum absolute atomic E-state index is 13.0. The Hall–Kier alpha value is -1.79. The van der Waals surface area contributed by atoms with E-state index in [4.69, 9.17) is 0 Å².